The molecule has 0 unspecified atom stereocenters. The van der Waals surface area contributed by atoms with E-state index in [1.165, 1.54) is 6.07 Å². The molecule has 5 nitrogen and oxygen atoms in total. The largest absolute Gasteiger partial charge is 0.506 e. The fraction of sp³-hybridized carbons (Fsp3) is 0.385. The average Bonchev–Trinajstić information content (AvgIpc) is 2.87. The summed E-state index contributed by atoms with van der Waals surface area (Å²) in [6.07, 6.45) is 0.709. The molecule has 0 fully saturated rings. The number of nitrogens with zero attached hydrogens (tertiary/aromatic N) is 3. The Morgan fingerprint density at radius 3 is 2.70 bits per heavy atom. The first-order chi connectivity index (χ1) is 9.51. The third kappa shape index (κ3) is 3.42. The van der Waals surface area contributed by atoms with Gasteiger partial charge in [-0.25, -0.2) is 0 Å². The highest BCUT2D eigenvalue weighted by Crippen LogP contribution is 2.33. The van der Waals surface area contributed by atoms with Crippen LogP contribution in [-0.2, 0) is 19.5 Å². The van der Waals surface area contributed by atoms with Crippen LogP contribution in [0.4, 0.5) is 0 Å². The first-order valence-electron chi connectivity index (χ1n) is 6.17. The summed E-state index contributed by atoms with van der Waals surface area (Å²) in [6.45, 7) is 2.93. The van der Waals surface area contributed by atoms with E-state index < -0.39 is 0 Å². The van der Waals surface area contributed by atoms with Crippen molar-refractivity contribution in [3.63, 3.8) is 0 Å². The Labute approximate surface area is 127 Å². The smallest absolute Gasteiger partial charge is 0.226 e. The summed E-state index contributed by atoms with van der Waals surface area (Å²) in [7, 11) is 1.89. The lowest BCUT2D eigenvalue weighted by atomic mass is 10.2. The first-order valence-corrected chi connectivity index (χ1v) is 6.92. The highest BCUT2D eigenvalue weighted by atomic mass is 35.5. The van der Waals surface area contributed by atoms with Gasteiger partial charge in [-0.1, -0.05) is 35.3 Å². The van der Waals surface area contributed by atoms with Crippen molar-refractivity contribution in [2.75, 3.05) is 7.05 Å². The molecule has 0 saturated heterocycles. The van der Waals surface area contributed by atoms with Crippen LogP contribution in [0.5, 0.6) is 5.75 Å². The second-order valence-electron chi connectivity index (χ2n) is 4.49. The summed E-state index contributed by atoms with van der Waals surface area (Å²) in [5.74, 6) is 1.24. The summed E-state index contributed by atoms with van der Waals surface area (Å²) in [6, 6.07) is 3.09. The minimum Gasteiger partial charge on any atom is -0.506 e. The van der Waals surface area contributed by atoms with Gasteiger partial charge in [-0.2, -0.15) is 4.98 Å². The quantitative estimate of drug-likeness (QED) is 0.917. The summed E-state index contributed by atoms with van der Waals surface area (Å²) in [4.78, 5) is 6.18. The van der Waals surface area contributed by atoms with Gasteiger partial charge in [0.15, 0.2) is 5.82 Å². The zero-order chi connectivity index (χ0) is 14.7. The molecule has 0 bridgehead atoms. The van der Waals surface area contributed by atoms with Gasteiger partial charge in [0.25, 0.3) is 0 Å². The molecular formula is C13H15Cl2N3O2. The monoisotopic (exact) mass is 315 g/mol. The highest BCUT2D eigenvalue weighted by Gasteiger charge is 2.14. The number of phenols is 1. The molecular weight excluding hydrogens is 301 g/mol. The molecule has 1 heterocycles. The van der Waals surface area contributed by atoms with E-state index in [0.29, 0.717) is 41.8 Å². The van der Waals surface area contributed by atoms with Crippen molar-refractivity contribution in [1.29, 1.82) is 0 Å². The molecule has 0 aliphatic carbocycles. The van der Waals surface area contributed by atoms with Gasteiger partial charge in [0.05, 0.1) is 11.6 Å². The maximum Gasteiger partial charge on any atom is 0.226 e. The third-order valence-corrected chi connectivity index (χ3v) is 3.59. The number of rotatable bonds is 5. The number of phenolic OH excluding ortho intramolecular Hbond substituents is 1. The molecule has 0 aliphatic rings. The molecule has 0 spiro atoms. The van der Waals surface area contributed by atoms with E-state index in [-0.39, 0.29) is 10.8 Å². The molecule has 20 heavy (non-hydrogen) atoms. The molecule has 2 aromatic rings. The molecule has 0 atom stereocenters. The second-order valence-corrected chi connectivity index (χ2v) is 5.27. The van der Waals surface area contributed by atoms with Crippen LogP contribution in [0.2, 0.25) is 10.0 Å². The molecule has 1 aromatic heterocycles. The van der Waals surface area contributed by atoms with Gasteiger partial charge in [0.2, 0.25) is 5.89 Å². The van der Waals surface area contributed by atoms with Crippen LogP contribution in [0.15, 0.2) is 16.7 Å². The van der Waals surface area contributed by atoms with E-state index in [4.69, 9.17) is 27.7 Å². The molecule has 7 heteroatoms. The van der Waals surface area contributed by atoms with Gasteiger partial charge < -0.3 is 9.63 Å². The first kappa shape index (κ1) is 15.1. The molecule has 0 amide bonds. The number of benzene rings is 1. The average molecular weight is 316 g/mol. The lowest BCUT2D eigenvalue weighted by Gasteiger charge is -2.17. The Morgan fingerprint density at radius 1 is 1.30 bits per heavy atom. The lowest BCUT2D eigenvalue weighted by Crippen LogP contribution is -2.18. The van der Waals surface area contributed by atoms with E-state index in [2.05, 4.69) is 10.1 Å². The molecule has 1 N–H and O–H groups in total. The normalized spacial score (nSPS) is 11.2. The van der Waals surface area contributed by atoms with Crippen LogP contribution in [0.3, 0.4) is 0 Å². The van der Waals surface area contributed by atoms with E-state index in [9.17, 15) is 5.11 Å². The molecule has 2 rings (SSSR count). The van der Waals surface area contributed by atoms with Crippen molar-refractivity contribution in [2.45, 2.75) is 26.4 Å². The second kappa shape index (κ2) is 6.43. The molecule has 0 saturated carbocycles. The Kier molecular flexibility index (Phi) is 4.86. The van der Waals surface area contributed by atoms with Gasteiger partial charge in [-0.05, 0) is 19.2 Å². The summed E-state index contributed by atoms with van der Waals surface area (Å²) in [5.41, 5.74) is 0.676. The Bertz CT molecular complexity index is 601. The summed E-state index contributed by atoms with van der Waals surface area (Å²) >= 11 is 12.2. The fourth-order valence-corrected chi connectivity index (χ4v) is 2.29. The van der Waals surface area contributed by atoms with Crippen molar-refractivity contribution in [3.8, 4) is 5.75 Å². The predicted octanol–water partition coefficient (Wildman–Crippen LogP) is 3.28. The highest BCUT2D eigenvalue weighted by molar-refractivity contribution is 6.36. The van der Waals surface area contributed by atoms with Crippen molar-refractivity contribution in [1.82, 2.24) is 15.0 Å². The zero-order valence-electron chi connectivity index (χ0n) is 11.2. The number of halogens is 2. The van der Waals surface area contributed by atoms with Gasteiger partial charge in [0.1, 0.15) is 5.75 Å². The standard InChI is InChI=1S/C13H15Cl2N3O2/c1-3-12-16-11(17-20-12)7-18(2)6-8-9(14)4-5-10(19)13(8)15/h4-5,19H,3,6-7H2,1-2H3. The van der Waals surface area contributed by atoms with Gasteiger partial charge >= 0.3 is 0 Å². The minimum atomic E-state index is 0.0206. The molecule has 108 valence electrons. The van der Waals surface area contributed by atoms with Crippen LogP contribution in [-0.4, -0.2) is 27.2 Å². The van der Waals surface area contributed by atoms with E-state index >= 15 is 0 Å². The fourth-order valence-electron chi connectivity index (χ4n) is 1.80. The van der Waals surface area contributed by atoms with Crippen molar-refractivity contribution in [3.05, 3.63) is 39.5 Å². The van der Waals surface area contributed by atoms with Gasteiger partial charge in [0, 0.05) is 23.6 Å². The summed E-state index contributed by atoms with van der Waals surface area (Å²) in [5, 5.41) is 14.3. The van der Waals surface area contributed by atoms with Crippen molar-refractivity contribution >= 4 is 23.2 Å². The number of aryl methyl sites for hydroxylation is 1. The number of aromatic nitrogens is 2. The van der Waals surface area contributed by atoms with Crippen LogP contribution in [0, 0.1) is 0 Å². The van der Waals surface area contributed by atoms with Crippen LogP contribution in [0.25, 0.3) is 0 Å². The maximum atomic E-state index is 9.61. The van der Waals surface area contributed by atoms with E-state index in [1.807, 2.05) is 18.9 Å². The summed E-state index contributed by atoms with van der Waals surface area (Å²) < 4.78 is 5.05. The zero-order valence-corrected chi connectivity index (χ0v) is 12.7. The molecule has 0 radical (unpaired) electrons. The molecule has 0 aliphatic heterocycles. The lowest BCUT2D eigenvalue weighted by molar-refractivity contribution is 0.299. The van der Waals surface area contributed by atoms with Crippen LogP contribution < -0.4 is 0 Å². The predicted molar refractivity (Wildman–Crippen MR) is 77.0 cm³/mol. The van der Waals surface area contributed by atoms with Crippen molar-refractivity contribution < 1.29 is 9.63 Å². The third-order valence-electron chi connectivity index (χ3n) is 2.82. The number of aromatic hydroxyl groups is 1. The Morgan fingerprint density at radius 2 is 2.05 bits per heavy atom. The topological polar surface area (TPSA) is 62.4 Å². The van der Waals surface area contributed by atoms with E-state index in [0.717, 1.165) is 0 Å². The van der Waals surface area contributed by atoms with Gasteiger partial charge in [-0.15, -0.1) is 0 Å². The van der Waals surface area contributed by atoms with Crippen LogP contribution >= 0.6 is 23.2 Å². The van der Waals surface area contributed by atoms with E-state index in [1.54, 1.807) is 6.07 Å². The Hall–Kier alpha value is -1.30. The number of hydrogen-bond acceptors (Lipinski definition) is 5. The number of hydrogen-bond donors (Lipinski definition) is 1. The minimum absolute atomic E-state index is 0.0206. The SMILES string of the molecule is CCc1nc(CN(C)Cc2c(Cl)ccc(O)c2Cl)no1. The Balaban J connectivity index is 2.08. The van der Waals surface area contributed by atoms with Crippen LogP contribution in [0.1, 0.15) is 24.2 Å². The van der Waals surface area contributed by atoms with Crippen molar-refractivity contribution in [2.24, 2.45) is 0 Å². The maximum absolute atomic E-state index is 9.61. The molecule has 1 aromatic carbocycles. The van der Waals surface area contributed by atoms with Gasteiger partial charge in [-0.3, -0.25) is 4.90 Å².